The maximum atomic E-state index is 11.4. The third kappa shape index (κ3) is 5.37. The zero-order valence-corrected chi connectivity index (χ0v) is 9.14. The fraction of sp³-hybridized carbons (Fsp3) is 0.800. The second-order valence-corrected chi connectivity index (χ2v) is 3.86. The van der Waals surface area contributed by atoms with E-state index in [1.165, 1.54) is 6.92 Å². The van der Waals surface area contributed by atoms with Crippen molar-refractivity contribution in [3.05, 3.63) is 0 Å². The van der Waals surface area contributed by atoms with Gasteiger partial charge in [0.15, 0.2) is 0 Å². The highest BCUT2D eigenvalue weighted by Gasteiger charge is 2.13. The van der Waals surface area contributed by atoms with Crippen LogP contribution in [0.25, 0.3) is 0 Å². The first kappa shape index (κ1) is 12.0. The lowest BCUT2D eigenvalue weighted by Gasteiger charge is -2.15. The monoisotopic (exact) mass is 213 g/mol. The summed E-state index contributed by atoms with van der Waals surface area (Å²) in [5.74, 6) is -0.273. The van der Waals surface area contributed by atoms with Gasteiger partial charge < -0.3 is 16.0 Å². The normalized spacial score (nSPS) is 21.5. The molecule has 3 N–H and O–H groups in total. The van der Waals surface area contributed by atoms with Crippen LogP contribution in [0.4, 0.5) is 0 Å². The fourth-order valence-electron chi connectivity index (χ4n) is 1.65. The molecular formula is C10H19N3O2. The maximum Gasteiger partial charge on any atom is 0.239 e. The Morgan fingerprint density at radius 1 is 1.33 bits per heavy atom. The van der Waals surface area contributed by atoms with Crippen molar-refractivity contribution in [3.8, 4) is 0 Å². The molecule has 0 saturated carbocycles. The summed E-state index contributed by atoms with van der Waals surface area (Å²) in [5.41, 5.74) is 0. The molecule has 5 heteroatoms. The topological polar surface area (TPSA) is 70.2 Å². The van der Waals surface area contributed by atoms with E-state index in [1.807, 2.05) is 0 Å². The molecule has 1 aliphatic heterocycles. The van der Waals surface area contributed by atoms with E-state index in [4.69, 9.17) is 0 Å². The summed E-state index contributed by atoms with van der Waals surface area (Å²) in [4.78, 5) is 22.0. The lowest BCUT2D eigenvalue weighted by atomic mass is 10.1. The van der Waals surface area contributed by atoms with Crippen LogP contribution in [-0.2, 0) is 9.59 Å². The molecule has 0 aromatic rings. The van der Waals surface area contributed by atoms with E-state index in [1.54, 1.807) is 0 Å². The SMILES string of the molecule is CC(=O)NCC(=O)NC1CCCNCC1. The molecule has 1 rings (SSSR count). The highest BCUT2D eigenvalue weighted by molar-refractivity contribution is 5.83. The zero-order chi connectivity index (χ0) is 11.1. The first-order chi connectivity index (χ1) is 7.18. The van der Waals surface area contributed by atoms with Crippen LogP contribution in [0.2, 0.25) is 0 Å². The molecule has 86 valence electrons. The summed E-state index contributed by atoms with van der Waals surface area (Å²) in [6.07, 6.45) is 3.07. The molecule has 0 bridgehead atoms. The van der Waals surface area contributed by atoms with Crippen molar-refractivity contribution in [1.82, 2.24) is 16.0 Å². The Balaban J connectivity index is 2.20. The Bertz CT molecular complexity index is 223. The van der Waals surface area contributed by atoms with Crippen molar-refractivity contribution >= 4 is 11.8 Å². The molecule has 1 fully saturated rings. The van der Waals surface area contributed by atoms with Crippen molar-refractivity contribution in [2.45, 2.75) is 32.2 Å². The summed E-state index contributed by atoms with van der Waals surface area (Å²) < 4.78 is 0. The first-order valence-corrected chi connectivity index (χ1v) is 5.43. The first-order valence-electron chi connectivity index (χ1n) is 5.43. The van der Waals surface area contributed by atoms with E-state index >= 15 is 0 Å². The zero-order valence-electron chi connectivity index (χ0n) is 9.14. The van der Waals surface area contributed by atoms with Crippen molar-refractivity contribution < 1.29 is 9.59 Å². The minimum Gasteiger partial charge on any atom is -0.352 e. The van der Waals surface area contributed by atoms with Gasteiger partial charge in [0.25, 0.3) is 0 Å². The van der Waals surface area contributed by atoms with Gasteiger partial charge >= 0.3 is 0 Å². The van der Waals surface area contributed by atoms with Gasteiger partial charge in [-0.1, -0.05) is 0 Å². The standard InChI is InChI=1S/C10H19N3O2/c1-8(14)12-7-10(15)13-9-3-2-5-11-6-4-9/h9,11H,2-7H2,1H3,(H,12,14)(H,13,15). The number of nitrogens with one attached hydrogen (secondary N) is 3. The molecule has 1 saturated heterocycles. The van der Waals surface area contributed by atoms with Crippen LogP contribution in [-0.4, -0.2) is 37.5 Å². The summed E-state index contributed by atoms with van der Waals surface area (Å²) in [6.45, 7) is 3.46. The van der Waals surface area contributed by atoms with Gasteiger partial charge in [0.1, 0.15) is 0 Å². The summed E-state index contributed by atoms with van der Waals surface area (Å²) >= 11 is 0. The van der Waals surface area contributed by atoms with Gasteiger partial charge in [-0.15, -0.1) is 0 Å². The van der Waals surface area contributed by atoms with Gasteiger partial charge in [0.05, 0.1) is 6.54 Å². The number of hydrogen-bond acceptors (Lipinski definition) is 3. The highest BCUT2D eigenvalue weighted by Crippen LogP contribution is 2.04. The maximum absolute atomic E-state index is 11.4. The molecule has 15 heavy (non-hydrogen) atoms. The van der Waals surface area contributed by atoms with E-state index in [9.17, 15) is 9.59 Å². The third-order valence-corrected chi connectivity index (χ3v) is 2.44. The van der Waals surface area contributed by atoms with Crippen LogP contribution in [0, 0.1) is 0 Å². The van der Waals surface area contributed by atoms with Crippen LogP contribution in [0.5, 0.6) is 0 Å². The molecular weight excluding hydrogens is 194 g/mol. The number of amides is 2. The average molecular weight is 213 g/mol. The molecule has 2 amide bonds. The lowest BCUT2D eigenvalue weighted by Crippen LogP contribution is -2.41. The summed E-state index contributed by atoms with van der Waals surface area (Å²) in [7, 11) is 0. The lowest BCUT2D eigenvalue weighted by molar-refractivity contribution is -0.125. The summed E-state index contributed by atoms with van der Waals surface area (Å²) in [5, 5.41) is 8.68. The van der Waals surface area contributed by atoms with Gasteiger partial charge in [-0.25, -0.2) is 0 Å². The predicted molar refractivity (Wildman–Crippen MR) is 57.3 cm³/mol. The molecule has 5 nitrogen and oxygen atoms in total. The molecule has 1 atom stereocenters. The number of hydrogen-bond donors (Lipinski definition) is 3. The molecule has 1 heterocycles. The quantitative estimate of drug-likeness (QED) is 0.585. The van der Waals surface area contributed by atoms with Crippen LogP contribution in [0.1, 0.15) is 26.2 Å². The Kier molecular flexibility index (Phi) is 5.10. The highest BCUT2D eigenvalue weighted by atomic mass is 16.2. The second-order valence-electron chi connectivity index (χ2n) is 3.86. The predicted octanol–water partition coefficient (Wildman–Crippen LogP) is -0.619. The minimum absolute atomic E-state index is 0.0826. The smallest absolute Gasteiger partial charge is 0.239 e. The average Bonchev–Trinajstić information content (AvgIpc) is 2.43. The van der Waals surface area contributed by atoms with E-state index in [0.29, 0.717) is 0 Å². The van der Waals surface area contributed by atoms with Crippen molar-refractivity contribution in [2.75, 3.05) is 19.6 Å². The summed E-state index contributed by atoms with van der Waals surface area (Å²) in [6, 6.07) is 0.251. The Morgan fingerprint density at radius 2 is 2.13 bits per heavy atom. The van der Waals surface area contributed by atoms with Crippen molar-refractivity contribution in [2.24, 2.45) is 0 Å². The molecule has 0 aromatic heterocycles. The molecule has 1 unspecified atom stereocenters. The molecule has 0 aromatic carbocycles. The molecule has 0 aliphatic carbocycles. The van der Waals surface area contributed by atoms with E-state index in [0.717, 1.165) is 32.4 Å². The largest absolute Gasteiger partial charge is 0.352 e. The molecule has 1 aliphatic rings. The second kappa shape index (κ2) is 6.40. The van der Waals surface area contributed by atoms with E-state index in [2.05, 4.69) is 16.0 Å². The molecule has 0 spiro atoms. The molecule has 0 radical (unpaired) electrons. The van der Waals surface area contributed by atoms with Gasteiger partial charge in [0.2, 0.25) is 11.8 Å². The van der Waals surface area contributed by atoms with E-state index in [-0.39, 0.29) is 24.4 Å². The fourth-order valence-corrected chi connectivity index (χ4v) is 1.65. The van der Waals surface area contributed by atoms with Gasteiger partial charge in [-0.3, -0.25) is 9.59 Å². The minimum atomic E-state index is -0.173. The van der Waals surface area contributed by atoms with Gasteiger partial charge in [-0.05, 0) is 32.4 Å². The van der Waals surface area contributed by atoms with Crippen LogP contribution >= 0.6 is 0 Å². The van der Waals surface area contributed by atoms with Crippen molar-refractivity contribution in [3.63, 3.8) is 0 Å². The van der Waals surface area contributed by atoms with Crippen LogP contribution in [0.3, 0.4) is 0 Å². The van der Waals surface area contributed by atoms with Crippen LogP contribution < -0.4 is 16.0 Å². The van der Waals surface area contributed by atoms with Gasteiger partial charge in [-0.2, -0.15) is 0 Å². The van der Waals surface area contributed by atoms with Gasteiger partial charge in [0, 0.05) is 13.0 Å². The Labute approximate surface area is 90.0 Å². The third-order valence-electron chi connectivity index (χ3n) is 2.44. The Morgan fingerprint density at radius 3 is 2.87 bits per heavy atom. The number of rotatable bonds is 3. The van der Waals surface area contributed by atoms with Crippen molar-refractivity contribution in [1.29, 1.82) is 0 Å². The Hall–Kier alpha value is -1.10. The van der Waals surface area contributed by atoms with Crippen LogP contribution in [0.15, 0.2) is 0 Å². The van der Waals surface area contributed by atoms with E-state index < -0.39 is 0 Å². The number of carbonyl (C=O) groups is 2. The number of carbonyl (C=O) groups excluding carboxylic acids is 2.